The molecule has 0 unspecified atom stereocenters. The molecule has 0 aromatic heterocycles. The molecule has 19 heavy (non-hydrogen) atoms. The zero-order valence-electron chi connectivity index (χ0n) is 9.86. The van der Waals surface area contributed by atoms with Gasteiger partial charge in [-0.15, -0.1) is 11.8 Å². The fourth-order valence-corrected chi connectivity index (χ4v) is 2.49. The predicted octanol–water partition coefficient (Wildman–Crippen LogP) is 3.71. The highest BCUT2D eigenvalue weighted by Gasteiger charge is 2.07. The zero-order chi connectivity index (χ0) is 13.8. The topological polar surface area (TPSA) is 49.8 Å². The van der Waals surface area contributed by atoms with E-state index in [2.05, 4.69) is 0 Å². The van der Waals surface area contributed by atoms with Crippen molar-refractivity contribution in [3.8, 4) is 6.07 Å². The van der Waals surface area contributed by atoms with Crippen LogP contribution in [-0.2, 0) is 5.75 Å². The molecule has 2 aromatic carbocycles. The van der Waals surface area contributed by atoms with E-state index in [0.29, 0.717) is 27.5 Å². The second-order valence-electron chi connectivity index (χ2n) is 3.89. The van der Waals surface area contributed by atoms with Gasteiger partial charge in [-0.05, 0) is 42.0 Å². The van der Waals surface area contributed by atoms with Crippen molar-refractivity contribution in [3.05, 3.63) is 59.2 Å². The van der Waals surface area contributed by atoms with E-state index in [1.54, 1.807) is 12.1 Å². The third-order valence-corrected chi connectivity index (χ3v) is 3.62. The van der Waals surface area contributed by atoms with Crippen molar-refractivity contribution in [3.63, 3.8) is 0 Å². The summed E-state index contributed by atoms with van der Waals surface area (Å²) in [5.41, 5.74) is 6.75. The second kappa shape index (κ2) is 5.72. The normalized spacial score (nSPS) is 10.2. The molecule has 2 rings (SSSR count). The van der Waals surface area contributed by atoms with Crippen LogP contribution < -0.4 is 5.73 Å². The zero-order valence-corrected chi connectivity index (χ0v) is 10.7. The predicted molar refractivity (Wildman–Crippen MR) is 71.5 cm³/mol. The summed E-state index contributed by atoms with van der Waals surface area (Å²) in [7, 11) is 0. The molecule has 0 atom stereocenters. The molecule has 0 saturated carbocycles. The van der Waals surface area contributed by atoms with Crippen molar-refractivity contribution in [2.45, 2.75) is 10.6 Å². The molecule has 0 aliphatic carbocycles. The van der Waals surface area contributed by atoms with Crippen LogP contribution in [0.1, 0.15) is 11.1 Å². The Morgan fingerprint density at radius 2 is 1.95 bits per heavy atom. The van der Waals surface area contributed by atoms with E-state index >= 15 is 0 Å². The van der Waals surface area contributed by atoms with Gasteiger partial charge < -0.3 is 5.73 Å². The number of nitrogens with zero attached hydrogens (tertiary/aromatic N) is 1. The van der Waals surface area contributed by atoms with Crippen LogP contribution in [0.2, 0.25) is 0 Å². The lowest BCUT2D eigenvalue weighted by atomic mass is 10.1. The molecule has 5 heteroatoms. The molecule has 0 aliphatic heterocycles. The largest absolute Gasteiger partial charge is 0.399 e. The molecule has 0 saturated heterocycles. The van der Waals surface area contributed by atoms with E-state index < -0.39 is 11.6 Å². The lowest BCUT2D eigenvalue weighted by molar-refractivity contribution is 0.602. The highest BCUT2D eigenvalue weighted by molar-refractivity contribution is 7.98. The second-order valence-corrected chi connectivity index (χ2v) is 4.91. The van der Waals surface area contributed by atoms with Gasteiger partial charge in [0.1, 0.15) is 11.6 Å². The van der Waals surface area contributed by atoms with Crippen molar-refractivity contribution in [1.82, 2.24) is 0 Å². The van der Waals surface area contributed by atoms with E-state index in [-0.39, 0.29) is 0 Å². The van der Waals surface area contributed by atoms with Gasteiger partial charge in [-0.3, -0.25) is 0 Å². The highest BCUT2D eigenvalue weighted by atomic mass is 32.2. The molecule has 96 valence electrons. The lowest BCUT2D eigenvalue weighted by Crippen LogP contribution is -1.91. The van der Waals surface area contributed by atoms with E-state index in [1.165, 1.54) is 36.0 Å². The van der Waals surface area contributed by atoms with Crippen molar-refractivity contribution >= 4 is 17.4 Å². The van der Waals surface area contributed by atoms with Crippen molar-refractivity contribution in [1.29, 1.82) is 5.26 Å². The molecule has 0 radical (unpaired) electrons. The summed E-state index contributed by atoms with van der Waals surface area (Å²) in [5, 5.41) is 8.93. The van der Waals surface area contributed by atoms with E-state index in [1.807, 2.05) is 6.07 Å². The first-order valence-electron chi connectivity index (χ1n) is 5.46. The Kier molecular flexibility index (Phi) is 4.03. The monoisotopic (exact) mass is 276 g/mol. The number of hydrogen-bond donors (Lipinski definition) is 1. The Morgan fingerprint density at radius 3 is 2.63 bits per heavy atom. The minimum absolute atomic E-state index is 0.321. The Balaban J connectivity index is 2.19. The number of nitriles is 1. The molecular formula is C14H10F2N2S. The van der Waals surface area contributed by atoms with Gasteiger partial charge in [0.15, 0.2) is 0 Å². The highest BCUT2D eigenvalue weighted by Crippen LogP contribution is 2.28. The maximum Gasteiger partial charge on any atom is 0.138 e. The third kappa shape index (κ3) is 3.24. The van der Waals surface area contributed by atoms with E-state index in [0.717, 1.165) is 0 Å². The van der Waals surface area contributed by atoms with Gasteiger partial charge in [-0.2, -0.15) is 5.26 Å². The summed E-state index contributed by atoms with van der Waals surface area (Å²) in [5.74, 6) is -0.506. The summed E-state index contributed by atoms with van der Waals surface area (Å²) < 4.78 is 26.7. The average Bonchev–Trinajstić information content (AvgIpc) is 2.38. The van der Waals surface area contributed by atoms with Gasteiger partial charge in [0.2, 0.25) is 0 Å². The standard InChI is InChI=1S/C14H10F2N2S/c15-11-2-1-9(7-17)10(5-11)8-19-14-4-3-12(18)6-13(14)16/h1-6H,8,18H2. The Morgan fingerprint density at radius 1 is 1.16 bits per heavy atom. The van der Waals surface area contributed by atoms with Gasteiger partial charge in [0, 0.05) is 16.3 Å². The quantitative estimate of drug-likeness (QED) is 0.686. The summed E-state index contributed by atoms with van der Waals surface area (Å²) >= 11 is 1.20. The summed E-state index contributed by atoms with van der Waals surface area (Å²) in [6, 6.07) is 10.3. The molecule has 0 spiro atoms. The van der Waals surface area contributed by atoms with Crippen LogP contribution in [0.15, 0.2) is 41.3 Å². The van der Waals surface area contributed by atoms with Gasteiger partial charge >= 0.3 is 0 Å². The number of hydrogen-bond acceptors (Lipinski definition) is 3. The third-order valence-electron chi connectivity index (χ3n) is 2.53. The summed E-state index contributed by atoms with van der Waals surface area (Å²) in [4.78, 5) is 0.419. The fraction of sp³-hybridized carbons (Fsp3) is 0.0714. The number of nitrogen functional groups attached to an aromatic ring is 1. The maximum atomic E-state index is 13.6. The lowest BCUT2D eigenvalue weighted by Gasteiger charge is -2.06. The Labute approximate surface area is 113 Å². The van der Waals surface area contributed by atoms with Crippen LogP contribution in [0.25, 0.3) is 0 Å². The van der Waals surface area contributed by atoms with Gasteiger partial charge in [-0.25, -0.2) is 8.78 Å². The Bertz CT molecular complexity index is 650. The number of thioether (sulfide) groups is 1. The Hall–Kier alpha value is -2.06. The smallest absolute Gasteiger partial charge is 0.138 e. The maximum absolute atomic E-state index is 13.6. The van der Waals surface area contributed by atoms with Crippen LogP contribution in [0.4, 0.5) is 14.5 Å². The molecule has 2 N–H and O–H groups in total. The molecule has 0 heterocycles. The number of anilines is 1. The summed E-state index contributed by atoms with van der Waals surface area (Å²) in [6.07, 6.45) is 0. The molecule has 0 aliphatic rings. The number of benzene rings is 2. The average molecular weight is 276 g/mol. The van der Waals surface area contributed by atoms with Gasteiger partial charge in [0.25, 0.3) is 0 Å². The molecule has 2 nitrogen and oxygen atoms in total. The van der Waals surface area contributed by atoms with Gasteiger partial charge in [-0.1, -0.05) is 0 Å². The van der Waals surface area contributed by atoms with E-state index in [4.69, 9.17) is 11.0 Å². The first-order chi connectivity index (χ1) is 9.10. The van der Waals surface area contributed by atoms with Gasteiger partial charge in [0.05, 0.1) is 11.6 Å². The molecule has 0 bridgehead atoms. The van der Waals surface area contributed by atoms with E-state index in [9.17, 15) is 8.78 Å². The van der Waals surface area contributed by atoms with Crippen molar-refractivity contribution in [2.24, 2.45) is 0 Å². The minimum atomic E-state index is -0.417. The first kappa shape index (κ1) is 13.4. The van der Waals surface area contributed by atoms with Crippen LogP contribution in [-0.4, -0.2) is 0 Å². The van der Waals surface area contributed by atoms with Crippen LogP contribution >= 0.6 is 11.8 Å². The van der Waals surface area contributed by atoms with Crippen LogP contribution in [0.5, 0.6) is 0 Å². The van der Waals surface area contributed by atoms with Crippen molar-refractivity contribution in [2.75, 3.05) is 5.73 Å². The molecule has 2 aromatic rings. The fourth-order valence-electron chi connectivity index (χ4n) is 1.58. The number of halogens is 2. The SMILES string of the molecule is N#Cc1ccc(F)cc1CSc1ccc(N)cc1F. The molecular weight excluding hydrogens is 266 g/mol. The number of nitrogens with two attached hydrogens (primary N) is 1. The van der Waals surface area contributed by atoms with Crippen LogP contribution in [0, 0.1) is 23.0 Å². The minimum Gasteiger partial charge on any atom is -0.399 e. The first-order valence-corrected chi connectivity index (χ1v) is 6.45. The molecule has 0 fully saturated rings. The van der Waals surface area contributed by atoms with Crippen LogP contribution in [0.3, 0.4) is 0 Å². The molecule has 0 amide bonds. The summed E-state index contributed by atoms with van der Waals surface area (Å²) in [6.45, 7) is 0. The number of rotatable bonds is 3. The van der Waals surface area contributed by atoms with Crippen molar-refractivity contribution < 1.29 is 8.78 Å².